The van der Waals surface area contributed by atoms with Crippen LogP contribution in [0.2, 0.25) is 0 Å². The third kappa shape index (κ3) is 1.06. The quantitative estimate of drug-likeness (QED) is 0.450. The molecule has 0 aromatic carbocycles. The average molecular weight is 121 g/mol. The summed E-state index contributed by atoms with van der Waals surface area (Å²) in [5, 5.41) is 0. The minimum absolute atomic E-state index is 0.324. The van der Waals surface area contributed by atoms with Crippen molar-refractivity contribution in [1.29, 1.82) is 0 Å². The van der Waals surface area contributed by atoms with Crippen molar-refractivity contribution in [1.82, 2.24) is 0 Å². The molecule has 0 spiro atoms. The summed E-state index contributed by atoms with van der Waals surface area (Å²) in [7, 11) is 0. The van der Waals surface area contributed by atoms with Gasteiger partial charge in [-0.05, 0) is 6.42 Å². The Kier molecular flexibility index (Phi) is 1.68. The fraction of sp³-hybridized carbons (Fsp3) is 1.00. The summed E-state index contributed by atoms with van der Waals surface area (Å²) in [5.74, 6) is 0. The first-order valence-electron chi connectivity index (χ1n) is 1.83. The molecule has 0 aliphatic carbocycles. The van der Waals surface area contributed by atoms with Crippen molar-refractivity contribution in [2.24, 2.45) is 0 Å². The monoisotopic (exact) mass is 121 g/mol. The Morgan fingerprint density at radius 3 is 2.83 bits per heavy atom. The van der Waals surface area contributed by atoms with E-state index in [4.69, 9.17) is 16.8 Å². The molecular weight excluding hydrogens is 116 g/mol. The zero-order chi connectivity index (χ0) is 4.41. The molecule has 1 atom stereocenters. The van der Waals surface area contributed by atoms with Crippen molar-refractivity contribution in [3.8, 4) is 0 Å². The molecule has 1 saturated heterocycles. The number of hydrogen-bond acceptors (Lipinski definition) is 2. The van der Waals surface area contributed by atoms with Gasteiger partial charge in [-0.3, -0.25) is 0 Å². The fourth-order valence-corrected chi connectivity index (χ4v) is 1.12. The van der Waals surface area contributed by atoms with Gasteiger partial charge in [-0.15, -0.1) is 0 Å². The van der Waals surface area contributed by atoms with Gasteiger partial charge in [-0.25, -0.2) is 0 Å². The molecule has 0 saturated carbocycles. The van der Waals surface area contributed by atoms with E-state index >= 15 is 0 Å². The second-order valence-electron chi connectivity index (χ2n) is 1.14. The Morgan fingerprint density at radius 2 is 2.67 bits per heavy atom. The summed E-state index contributed by atoms with van der Waals surface area (Å²) in [6, 6.07) is 0. The molecule has 1 unspecified atom stereocenters. The number of hydrogen-bond donors (Lipinski definition) is 0. The molecule has 1 heterocycles. The minimum atomic E-state index is 0.324. The molecule has 1 rings (SSSR count). The molecule has 35 valence electrons. The normalized spacial score (nSPS) is 34.5. The SMILES string of the molecule is [S]C1CCOS1. The molecule has 1 aliphatic heterocycles. The Hall–Kier alpha value is 0.660. The van der Waals surface area contributed by atoms with Crippen LogP contribution in [-0.4, -0.2) is 11.2 Å². The lowest BCUT2D eigenvalue weighted by atomic mass is 10.5. The third-order valence-corrected chi connectivity index (χ3v) is 1.84. The molecule has 1 nitrogen and oxygen atoms in total. The molecule has 0 aromatic rings. The van der Waals surface area contributed by atoms with Gasteiger partial charge in [0.15, 0.2) is 0 Å². The van der Waals surface area contributed by atoms with E-state index in [1.807, 2.05) is 0 Å². The van der Waals surface area contributed by atoms with Crippen LogP contribution in [0, 0.1) is 0 Å². The average Bonchev–Trinajstić information content (AvgIpc) is 1.86. The molecule has 0 amide bonds. The first-order chi connectivity index (χ1) is 2.89. The van der Waals surface area contributed by atoms with Crippen LogP contribution >= 0.6 is 24.7 Å². The maximum atomic E-state index is 4.87. The lowest BCUT2D eigenvalue weighted by Crippen LogP contribution is -1.80. The summed E-state index contributed by atoms with van der Waals surface area (Å²) in [5.41, 5.74) is 0. The van der Waals surface area contributed by atoms with Crippen LogP contribution in [0.3, 0.4) is 0 Å². The van der Waals surface area contributed by atoms with E-state index in [0.717, 1.165) is 13.0 Å². The highest BCUT2D eigenvalue weighted by atomic mass is 32.2. The molecular formula is C3H5OS2. The molecule has 3 heteroatoms. The van der Waals surface area contributed by atoms with Gasteiger partial charge in [0.2, 0.25) is 0 Å². The molecule has 0 N–H and O–H groups in total. The largest absolute Gasteiger partial charge is 0.314 e. The van der Waals surface area contributed by atoms with Gasteiger partial charge in [0.25, 0.3) is 0 Å². The van der Waals surface area contributed by atoms with E-state index in [2.05, 4.69) is 0 Å². The van der Waals surface area contributed by atoms with Crippen molar-refractivity contribution in [2.75, 3.05) is 6.61 Å². The summed E-state index contributed by atoms with van der Waals surface area (Å²) >= 11 is 6.25. The van der Waals surface area contributed by atoms with Gasteiger partial charge in [-0.2, -0.15) is 0 Å². The highest BCUT2D eigenvalue weighted by Gasteiger charge is 2.11. The van der Waals surface area contributed by atoms with Crippen LogP contribution in [0.15, 0.2) is 0 Å². The summed E-state index contributed by atoms with van der Waals surface area (Å²) in [6.07, 6.45) is 1.04. The van der Waals surface area contributed by atoms with E-state index < -0.39 is 0 Å². The Balaban J connectivity index is 2.18. The lowest BCUT2D eigenvalue weighted by Gasteiger charge is -1.85. The first kappa shape index (κ1) is 4.81. The topological polar surface area (TPSA) is 9.23 Å². The Labute approximate surface area is 47.1 Å². The predicted molar refractivity (Wildman–Crippen MR) is 29.5 cm³/mol. The maximum absolute atomic E-state index is 4.87. The predicted octanol–water partition coefficient (Wildman–Crippen LogP) is 1.58. The van der Waals surface area contributed by atoms with E-state index in [1.165, 1.54) is 12.0 Å². The van der Waals surface area contributed by atoms with Crippen LogP contribution in [0.25, 0.3) is 0 Å². The van der Waals surface area contributed by atoms with Crippen LogP contribution in [0.4, 0.5) is 0 Å². The van der Waals surface area contributed by atoms with Crippen molar-refractivity contribution in [3.63, 3.8) is 0 Å². The lowest BCUT2D eigenvalue weighted by molar-refractivity contribution is 0.404. The standard InChI is InChI=1S/C3H5OS2/c5-3-1-2-4-6-3/h3H,1-2H2. The first-order valence-corrected chi connectivity index (χ1v) is 3.11. The molecule has 6 heavy (non-hydrogen) atoms. The summed E-state index contributed by atoms with van der Waals surface area (Å²) in [6.45, 7) is 0.846. The zero-order valence-electron chi connectivity index (χ0n) is 3.22. The second-order valence-corrected chi connectivity index (χ2v) is 3.00. The Bertz CT molecular complexity index is 42.1. The third-order valence-electron chi connectivity index (χ3n) is 0.612. The van der Waals surface area contributed by atoms with Crippen molar-refractivity contribution >= 4 is 24.7 Å². The zero-order valence-corrected chi connectivity index (χ0v) is 4.85. The van der Waals surface area contributed by atoms with E-state index in [9.17, 15) is 0 Å². The molecule has 1 aliphatic rings. The van der Waals surface area contributed by atoms with E-state index in [0.29, 0.717) is 4.58 Å². The van der Waals surface area contributed by atoms with Crippen molar-refractivity contribution < 1.29 is 4.18 Å². The van der Waals surface area contributed by atoms with Gasteiger partial charge in [0, 0.05) is 12.0 Å². The van der Waals surface area contributed by atoms with Gasteiger partial charge in [0.1, 0.15) is 0 Å². The highest BCUT2D eigenvalue weighted by Crippen LogP contribution is 2.26. The summed E-state index contributed by atoms with van der Waals surface area (Å²) < 4.78 is 5.19. The molecule has 1 radical (unpaired) electrons. The van der Waals surface area contributed by atoms with Gasteiger partial charge >= 0.3 is 0 Å². The minimum Gasteiger partial charge on any atom is -0.314 e. The molecule has 1 fully saturated rings. The number of rotatable bonds is 0. The smallest absolute Gasteiger partial charge is 0.0891 e. The Morgan fingerprint density at radius 1 is 1.83 bits per heavy atom. The van der Waals surface area contributed by atoms with Crippen LogP contribution in [-0.2, 0) is 4.18 Å². The maximum Gasteiger partial charge on any atom is 0.0891 e. The van der Waals surface area contributed by atoms with Gasteiger partial charge < -0.3 is 4.18 Å². The van der Waals surface area contributed by atoms with E-state index in [1.54, 1.807) is 0 Å². The molecule has 0 aromatic heterocycles. The van der Waals surface area contributed by atoms with Crippen LogP contribution in [0.5, 0.6) is 0 Å². The molecule has 0 bridgehead atoms. The fourth-order valence-electron chi connectivity index (χ4n) is 0.316. The van der Waals surface area contributed by atoms with Crippen molar-refractivity contribution in [3.05, 3.63) is 0 Å². The van der Waals surface area contributed by atoms with E-state index in [-0.39, 0.29) is 0 Å². The van der Waals surface area contributed by atoms with Crippen molar-refractivity contribution in [2.45, 2.75) is 11.0 Å². The summed E-state index contributed by atoms with van der Waals surface area (Å²) in [4.78, 5) is 0. The van der Waals surface area contributed by atoms with Gasteiger partial charge in [-0.1, -0.05) is 12.6 Å². The highest BCUT2D eigenvalue weighted by molar-refractivity contribution is 8.07. The van der Waals surface area contributed by atoms with Gasteiger partial charge in [0.05, 0.1) is 11.2 Å². The second kappa shape index (κ2) is 2.09. The van der Waals surface area contributed by atoms with Crippen LogP contribution < -0.4 is 0 Å². The van der Waals surface area contributed by atoms with Crippen LogP contribution in [0.1, 0.15) is 6.42 Å².